The third kappa shape index (κ3) is 4.22. The summed E-state index contributed by atoms with van der Waals surface area (Å²) in [6, 6.07) is 5.47. The van der Waals surface area contributed by atoms with E-state index in [1.165, 1.54) is 25.7 Å². The van der Waals surface area contributed by atoms with Gasteiger partial charge in [-0.1, -0.05) is 25.8 Å². The Labute approximate surface area is 120 Å². The van der Waals surface area contributed by atoms with Gasteiger partial charge in [0.2, 0.25) is 0 Å². The Kier molecular flexibility index (Phi) is 5.71. The molecule has 0 heterocycles. The zero-order chi connectivity index (χ0) is 13.7. The molecule has 1 aliphatic carbocycles. The Hall–Kier alpha value is -0.540. The lowest BCUT2D eigenvalue weighted by molar-refractivity contribution is 0.571. The highest BCUT2D eigenvalue weighted by molar-refractivity contribution is 7.99. The van der Waals surface area contributed by atoms with Gasteiger partial charge in [-0.3, -0.25) is 0 Å². The van der Waals surface area contributed by atoms with E-state index in [1.54, 1.807) is 6.07 Å². The average Bonchev–Trinajstić information content (AvgIpc) is 2.92. The van der Waals surface area contributed by atoms with Gasteiger partial charge in [-0.25, -0.2) is 4.39 Å². The van der Waals surface area contributed by atoms with Crippen LogP contribution in [0.25, 0.3) is 0 Å². The molecule has 2 N–H and O–H groups in total. The number of benzene rings is 1. The van der Waals surface area contributed by atoms with Gasteiger partial charge in [-0.15, -0.1) is 11.8 Å². The van der Waals surface area contributed by atoms with Crippen molar-refractivity contribution in [1.82, 2.24) is 0 Å². The van der Waals surface area contributed by atoms with Gasteiger partial charge in [0.25, 0.3) is 0 Å². The minimum atomic E-state index is -0.0969. The fraction of sp³-hybridized carbons (Fsp3) is 0.625. The molecule has 0 saturated heterocycles. The second-order valence-corrected chi connectivity index (χ2v) is 6.61. The summed E-state index contributed by atoms with van der Waals surface area (Å²) in [5.41, 5.74) is 6.80. The fourth-order valence-corrected chi connectivity index (χ4v) is 3.94. The Morgan fingerprint density at radius 1 is 1.37 bits per heavy atom. The quantitative estimate of drug-likeness (QED) is 0.783. The Balaban J connectivity index is 2.03. The van der Waals surface area contributed by atoms with Crippen molar-refractivity contribution in [1.29, 1.82) is 0 Å². The Bertz CT molecular complexity index is 402. The lowest BCUT2D eigenvalue weighted by Crippen LogP contribution is -2.22. The molecule has 19 heavy (non-hydrogen) atoms. The van der Waals surface area contributed by atoms with Crippen LogP contribution in [-0.4, -0.2) is 11.8 Å². The molecule has 0 aliphatic heterocycles. The molecule has 1 fully saturated rings. The first kappa shape index (κ1) is 14.9. The smallest absolute Gasteiger partial charge is 0.127 e. The zero-order valence-corrected chi connectivity index (χ0v) is 12.5. The van der Waals surface area contributed by atoms with Crippen LogP contribution in [0.1, 0.15) is 44.6 Å². The molecule has 0 radical (unpaired) electrons. The summed E-state index contributed by atoms with van der Waals surface area (Å²) in [4.78, 5) is 1.09. The van der Waals surface area contributed by atoms with Gasteiger partial charge < -0.3 is 5.73 Å². The highest BCUT2D eigenvalue weighted by Gasteiger charge is 2.17. The van der Waals surface area contributed by atoms with Gasteiger partial charge >= 0.3 is 0 Å². The third-order valence-corrected chi connectivity index (χ3v) is 5.35. The van der Waals surface area contributed by atoms with Gasteiger partial charge in [-0.2, -0.15) is 0 Å². The van der Waals surface area contributed by atoms with E-state index in [9.17, 15) is 4.39 Å². The summed E-state index contributed by atoms with van der Waals surface area (Å²) >= 11 is 1.82. The summed E-state index contributed by atoms with van der Waals surface area (Å²) in [5.74, 6) is 1.85. The van der Waals surface area contributed by atoms with Gasteiger partial charge in [-0.05, 0) is 43.7 Å². The molecule has 1 aromatic carbocycles. The van der Waals surface area contributed by atoms with E-state index in [0.717, 1.165) is 28.6 Å². The van der Waals surface area contributed by atoms with Crippen molar-refractivity contribution >= 4 is 11.8 Å². The maximum Gasteiger partial charge on any atom is 0.127 e. The predicted molar refractivity (Wildman–Crippen MR) is 81.1 cm³/mol. The number of rotatable bonds is 6. The molecule has 0 spiro atoms. The van der Waals surface area contributed by atoms with Gasteiger partial charge in [0.05, 0.1) is 0 Å². The average molecular weight is 281 g/mol. The summed E-state index contributed by atoms with van der Waals surface area (Å²) in [7, 11) is 0. The third-order valence-electron chi connectivity index (χ3n) is 4.02. The van der Waals surface area contributed by atoms with Crippen LogP contribution >= 0.6 is 11.8 Å². The largest absolute Gasteiger partial charge is 0.327 e. The monoisotopic (exact) mass is 281 g/mol. The topological polar surface area (TPSA) is 26.0 Å². The van der Waals surface area contributed by atoms with Crippen molar-refractivity contribution in [3.05, 3.63) is 29.6 Å². The van der Waals surface area contributed by atoms with Crippen molar-refractivity contribution in [2.24, 2.45) is 11.7 Å². The van der Waals surface area contributed by atoms with Gasteiger partial charge in [0.15, 0.2) is 0 Å². The van der Waals surface area contributed by atoms with Crippen LogP contribution in [0.4, 0.5) is 4.39 Å². The highest BCUT2D eigenvalue weighted by atomic mass is 32.2. The predicted octanol–water partition coefficient (Wildman–Crippen LogP) is 4.39. The van der Waals surface area contributed by atoms with Crippen LogP contribution in [0.5, 0.6) is 0 Å². The highest BCUT2D eigenvalue weighted by Crippen LogP contribution is 2.33. The molecule has 2 rings (SSSR count). The molecular formula is C16H24FNS. The summed E-state index contributed by atoms with van der Waals surface area (Å²) in [6.07, 6.45) is 6.94. The molecular weight excluding hydrogens is 257 g/mol. The van der Waals surface area contributed by atoms with Crippen molar-refractivity contribution < 1.29 is 4.39 Å². The molecule has 1 atom stereocenters. The molecule has 0 bridgehead atoms. The van der Waals surface area contributed by atoms with Crippen LogP contribution in [0.2, 0.25) is 0 Å². The lowest BCUT2D eigenvalue weighted by atomic mass is 10.0. The van der Waals surface area contributed by atoms with Crippen molar-refractivity contribution in [3.63, 3.8) is 0 Å². The summed E-state index contributed by atoms with van der Waals surface area (Å²) in [5, 5.41) is 0. The van der Waals surface area contributed by atoms with Gasteiger partial charge in [0.1, 0.15) is 5.82 Å². The number of hydrogen-bond donors (Lipinski definition) is 1. The molecule has 0 aromatic heterocycles. The van der Waals surface area contributed by atoms with E-state index in [0.29, 0.717) is 6.42 Å². The minimum absolute atomic E-state index is 0.0581. The van der Waals surface area contributed by atoms with Crippen LogP contribution in [-0.2, 0) is 6.42 Å². The number of halogens is 1. The van der Waals surface area contributed by atoms with Gasteiger partial charge in [0, 0.05) is 22.3 Å². The molecule has 1 saturated carbocycles. The van der Waals surface area contributed by atoms with Crippen LogP contribution in [0, 0.1) is 11.7 Å². The normalized spacial score (nSPS) is 17.8. The van der Waals surface area contributed by atoms with Crippen molar-refractivity contribution in [3.8, 4) is 0 Å². The van der Waals surface area contributed by atoms with Crippen molar-refractivity contribution in [2.45, 2.75) is 56.4 Å². The molecule has 0 amide bonds. The number of thioether (sulfide) groups is 1. The van der Waals surface area contributed by atoms with E-state index >= 15 is 0 Å². The molecule has 1 unspecified atom stereocenters. The van der Waals surface area contributed by atoms with E-state index in [-0.39, 0.29) is 11.9 Å². The standard InChI is InChI=1S/C16H24FNS/c1-2-13(18)10-14-15(17)8-5-9-16(14)19-11-12-6-3-4-7-12/h5,8-9,12-13H,2-4,6-7,10-11,18H2,1H3. The summed E-state index contributed by atoms with van der Waals surface area (Å²) in [6.45, 7) is 2.05. The first-order valence-electron chi connectivity index (χ1n) is 7.36. The maximum atomic E-state index is 14.0. The SMILES string of the molecule is CCC(N)Cc1c(F)cccc1SCC1CCCC1. The Morgan fingerprint density at radius 2 is 2.11 bits per heavy atom. The molecule has 1 aromatic rings. The van der Waals surface area contributed by atoms with E-state index < -0.39 is 0 Å². The first-order valence-corrected chi connectivity index (χ1v) is 8.35. The van der Waals surface area contributed by atoms with Crippen molar-refractivity contribution in [2.75, 3.05) is 5.75 Å². The second-order valence-electron chi connectivity index (χ2n) is 5.55. The molecule has 3 heteroatoms. The molecule has 106 valence electrons. The van der Waals surface area contributed by atoms with Crippen LogP contribution < -0.4 is 5.73 Å². The minimum Gasteiger partial charge on any atom is -0.327 e. The maximum absolute atomic E-state index is 14.0. The van der Waals surface area contributed by atoms with E-state index in [1.807, 2.05) is 23.9 Å². The van der Waals surface area contributed by atoms with E-state index in [2.05, 4.69) is 6.92 Å². The Morgan fingerprint density at radius 3 is 2.79 bits per heavy atom. The fourth-order valence-electron chi connectivity index (χ4n) is 2.66. The molecule has 1 aliphatic rings. The van der Waals surface area contributed by atoms with Crippen LogP contribution in [0.3, 0.4) is 0 Å². The lowest BCUT2D eigenvalue weighted by Gasteiger charge is -2.15. The first-order chi connectivity index (χ1) is 9.20. The summed E-state index contributed by atoms with van der Waals surface area (Å²) < 4.78 is 14.0. The van der Waals surface area contributed by atoms with Crippen LogP contribution in [0.15, 0.2) is 23.1 Å². The molecule has 1 nitrogen and oxygen atoms in total. The zero-order valence-electron chi connectivity index (χ0n) is 11.7. The van der Waals surface area contributed by atoms with E-state index in [4.69, 9.17) is 5.73 Å². The number of hydrogen-bond acceptors (Lipinski definition) is 2. The number of nitrogens with two attached hydrogens (primary N) is 1. The second kappa shape index (κ2) is 7.30.